The van der Waals surface area contributed by atoms with Crippen LogP contribution in [0.2, 0.25) is 0 Å². The number of hydrogen-bond donors (Lipinski definition) is 2. The van der Waals surface area contributed by atoms with Crippen molar-refractivity contribution in [3.05, 3.63) is 35.9 Å². The van der Waals surface area contributed by atoms with Crippen LogP contribution in [0.5, 0.6) is 0 Å². The van der Waals surface area contributed by atoms with Crippen molar-refractivity contribution in [2.75, 3.05) is 20.2 Å². The van der Waals surface area contributed by atoms with Crippen LogP contribution in [0, 0.1) is 0 Å². The third kappa shape index (κ3) is 2.91. The van der Waals surface area contributed by atoms with E-state index in [2.05, 4.69) is 5.32 Å². The molecule has 0 aromatic heterocycles. The number of rotatable bonds is 6. The number of benzene rings is 1. The molecule has 0 saturated heterocycles. The second-order valence-corrected chi connectivity index (χ2v) is 5.48. The highest BCUT2D eigenvalue weighted by molar-refractivity contribution is 5.21. The van der Waals surface area contributed by atoms with Gasteiger partial charge in [0, 0.05) is 20.2 Å². The van der Waals surface area contributed by atoms with Gasteiger partial charge >= 0.3 is 0 Å². The molecule has 3 heteroatoms. The van der Waals surface area contributed by atoms with E-state index < -0.39 is 5.60 Å². The summed E-state index contributed by atoms with van der Waals surface area (Å²) in [4.78, 5) is 0. The van der Waals surface area contributed by atoms with Crippen molar-refractivity contribution in [1.82, 2.24) is 5.32 Å². The van der Waals surface area contributed by atoms with E-state index in [1.165, 1.54) is 6.42 Å². The number of nitrogens with one attached hydrogen (secondary N) is 1. The van der Waals surface area contributed by atoms with Crippen LogP contribution in [0.15, 0.2) is 30.3 Å². The Balaban J connectivity index is 1.86. The quantitative estimate of drug-likeness (QED) is 0.811. The molecular weight excluding hydrogens is 226 g/mol. The van der Waals surface area contributed by atoms with Crippen molar-refractivity contribution in [3.8, 4) is 0 Å². The molecule has 1 fully saturated rings. The summed E-state index contributed by atoms with van der Waals surface area (Å²) in [7, 11) is 1.77. The van der Waals surface area contributed by atoms with Crippen LogP contribution in [0.4, 0.5) is 0 Å². The number of aliphatic hydroxyl groups is 1. The van der Waals surface area contributed by atoms with E-state index >= 15 is 0 Å². The molecule has 1 aromatic carbocycles. The van der Waals surface area contributed by atoms with Crippen molar-refractivity contribution in [1.29, 1.82) is 0 Å². The Kier molecular flexibility index (Phi) is 4.05. The zero-order valence-corrected chi connectivity index (χ0v) is 11.3. The summed E-state index contributed by atoms with van der Waals surface area (Å²) >= 11 is 0. The second-order valence-electron chi connectivity index (χ2n) is 5.48. The molecule has 1 atom stereocenters. The standard InChI is InChI=1S/C15H23NO2/c1-14(17,13-7-4-3-5-8-13)11-16-12-15(18-2)9-6-10-15/h3-5,7-8,16-17H,6,9-12H2,1-2H3. The van der Waals surface area contributed by atoms with Gasteiger partial charge in [-0.3, -0.25) is 0 Å². The van der Waals surface area contributed by atoms with Gasteiger partial charge in [-0.1, -0.05) is 30.3 Å². The fourth-order valence-corrected chi connectivity index (χ4v) is 2.46. The molecule has 2 N–H and O–H groups in total. The van der Waals surface area contributed by atoms with Gasteiger partial charge in [-0.2, -0.15) is 0 Å². The van der Waals surface area contributed by atoms with Crippen LogP contribution in [0.1, 0.15) is 31.7 Å². The van der Waals surface area contributed by atoms with Crippen LogP contribution in [-0.4, -0.2) is 30.9 Å². The first-order valence-electron chi connectivity index (χ1n) is 6.62. The van der Waals surface area contributed by atoms with E-state index in [0.29, 0.717) is 6.54 Å². The van der Waals surface area contributed by atoms with Crippen LogP contribution in [0.25, 0.3) is 0 Å². The largest absolute Gasteiger partial charge is 0.384 e. The molecule has 1 saturated carbocycles. The summed E-state index contributed by atoms with van der Waals surface area (Å²) in [6.45, 7) is 3.20. The molecule has 0 heterocycles. The molecule has 1 unspecified atom stereocenters. The summed E-state index contributed by atoms with van der Waals surface area (Å²) < 4.78 is 5.55. The zero-order chi connectivity index (χ0) is 13.1. The predicted molar refractivity (Wildman–Crippen MR) is 72.5 cm³/mol. The van der Waals surface area contributed by atoms with Crippen LogP contribution in [-0.2, 0) is 10.3 Å². The van der Waals surface area contributed by atoms with E-state index in [1.54, 1.807) is 7.11 Å². The summed E-state index contributed by atoms with van der Waals surface area (Å²) in [6, 6.07) is 9.77. The first-order valence-corrected chi connectivity index (χ1v) is 6.62. The maximum absolute atomic E-state index is 10.4. The van der Waals surface area contributed by atoms with Gasteiger partial charge in [0.05, 0.1) is 11.2 Å². The van der Waals surface area contributed by atoms with E-state index in [0.717, 1.165) is 24.9 Å². The van der Waals surface area contributed by atoms with Crippen molar-refractivity contribution >= 4 is 0 Å². The molecule has 0 aliphatic heterocycles. The summed E-state index contributed by atoms with van der Waals surface area (Å²) in [6.07, 6.45) is 3.47. The summed E-state index contributed by atoms with van der Waals surface area (Å²) in [5.41, 5.74) is 0.116. The average Bonchev–Trinajstić information content (AvgIpc) is 2.34. The minimum atomic E-state index is -0.833. The molecule has 0 radical (unpaired) electrons. The molecule has 2 rings (SSSR count). The Hall–Kier alpha value is -0.900. The van der Waals surface area contributed by atoms with Gasteiger partial charge in [-0.15, -0.1) is 0 Å². The Labute approximate surface area is 109 Å². The lowest BCUT2D eigenvalue weighted by Crippen LogP contribution is -2.50. The molecular formula is C15H23NO2. The van der Waals surface area contributed by atoms with Gasteiger partial charge < -0.3 is 15.2 Å². The first-order chi connectivity index (χ1) is 8.58. The molecule has 0 bridgehead atoms. The highest BCUT2D eigenvalue weighted by Crippen LogP contribution is 2.34. The maximum Gasteiger partial charge on any atom is 0.0992 e. The Bertz CT molecular complexity index is 366. The van der Waals surface area contributed by atoms with Crippen molar-refractivity contribution in [3.63, 3.8) is 0 Å². The SMILES string of the molecule is COC1(CNCC(C)(O)c2ccccc2)CCC1. The number of methoxy groups -OCH3 is 1. The van der Waals surface area contributed by atoms with E-state index in [-0.39, 0.29) is 5.60 Å². The maximum atomic E-state index is 10.4. The minimum absolute atomic E-state index is 0.00671. The van der Waals surface area contributed by atoms with Gasteiger partial charge in [0.15, 0.2) is 0 Å². The Morgan fingerprint density at radius 3 is 2.50 bits per heavy atom. The van der Waals surface area contributed by atoms with Crippen LogP contribution < -0.4 is 5.32 Å². The van der Waals surface area contributed by atoms with Gasteiger partial charge in [-0.05, 0) is 31.7 Å². The molecule has 3 nitrogen and oxygen atoms in total. The van der Waals surface area contributed by atoms with E-state index in [9.17, 15) is 5.11 Å². The van der Waals surface area contributed by atoms with Gasteiger partial charge in [0.2, 0.25) is 0 Å². The van der Waals surface area contributed by atoms with E-state index in [4.69, 9.17) is 4.74 Å². The van der Waals surface area contributed by atoms with Crippen LogP contribution in [0.3, 0.4) is 0 Å². The third-order valence-corrected chi connectivity index (χ3v) is 4.01. The Morgan fingerprint density at radius 1 is 1.33 bits per heavy atom. The topological polar surface area (TPSA) is 41.5 Å². The Morgan fingerprint density at radius 2 is 2.00 bits per heavy atom. The molecule has 1 aliphatic rings. The molecule has 100 valence electrons. The highest BCUT2D eigenvalue weighted by Gasteiger charge is 2.37. The lowest BCUT2D eigenvalue weighted by atomic mass is 9.80. The van der Waals surface area contributed by atoms with Gasteiger partial charge in [0.1, 0.15) is 0 Å². The average molecular weight is 249 g/mol. The molecule has 18 heavy (non-hydrogen) atoms. The first kappa shape index (κ1) is 13.5. The van der Waals surface area contributed by atoms with Gasteiger partial charge in [0.25, 0.3) is 0 Å². The molecule has 0 spiro atoms. The third-order valence-electron chi connectivity index (χ3n) is 4.01. The highest BCUT2D eigenvalue weighted by atomic mass is 16.5. The molecule has 1 aliphatic carbocycles. The van der Waals surface area contributed by atoms with Crippen molar-refractivity contribution in [2.24, 2.45) is 0 Å². The number of ether oxygens (including phenoxy) is 1. The molecule has 1 aromatic rings. The van der Waals surface area contributed by atoms with Crippen molar-refractivity contribution < 1.29 is 9.84 Å². The lowest BCUT2D eigenvalue weighted by molar-refractivity contribution is -0.0724. The number of hydrogen-bond acceptors (Lipinski definition) is 3. The fourth-order valence-electron chi connectivity index (χ4n) is 2.46. The van der Waals surface area contributed by atoms with Crippen molar-refractivity contribution in [2.45, 2.75) is 37.4 Å². The van der Waals surface area contributed by atoms with Gasteiger partial charge in [-0.25, -0.2) is 0 Å². The predicted octanol–water partition coefficient (Wildman–Crippen LogP) is 2.05. The summed E-state index contributed by atoms with van der Waals surface area (Å²) in [5, 5.41) is 13.8. The fraction of sp³-hybridized carbons (Fsp3) is 0.600. The normalized spacial score (nSPS) is 21.1. The minimum Gasteiger partial charge on any atom is -0.384 e. The van der Waals surface area contributed by atoms with E-state index in [1.807, 2.05) is 37.3 Å². The summed E-state index contributed by atoms with van der Waals surface area (Å²) in [5.74, 6) is 0. The smallest absolute Gasteiger partial charge is 0.0992 e. The van der Waals surface area contributed by atoms with Crippen LogP contribution >= 0.6 is 0 Å². The monoisotopic (exact) mass is 249 g/mol. The lowest BCUT2D eigenvalue weighted by Gasteiger charge is -2.41. The molecule has 0 amide bonds. The second kappa shape index (κ2) is 5.39. The zero-order valence-electron chi connectivity index (χ0n) is 11.3.